The standard InChI is InChI=1S/C28H26N2O7/c1-19-25(29-26(36-19)21-6-4-3-5-7-21)16-17-35-23-12-8-20(9-13-23)18-28(2,27(31)32)37-24-14-10-22(11-15-24)30(33)34/h3-15H,16-18H2,1-2H3,(H,31,32). The molecule has 3 aromatic carbocycles. The molecular weight excluding hydrogens is 476 g/mol. The van der Waals surface area contributed by atoms with E-state index in [1.54, 1.807) is 24.3 Å². The summed E-state index contributed by atoms with van der Waals surface area (Å²) in [7, 11) is 0. The van der Waals surface area contributed by atoms with Crippen molar-refractivity contribution in [2.45, 2.75) is 32.3 Å². The highest BCUT2D eigenvalue weighted by Gasteiger charge is 2.36. The second kappa shape index (κ2) is 10.9. The number of carboxylic acids is 1. The van der Waals surface area contributed by atoms with Crippen LogP contribution in [0.4, 0.5) is 5.69 Å². The molecule has 0 aliphatic carbocycles. The molecule has 0 amide bonds. The summed E-state index contributed by atoms with van der Waals surface area (Å²) in [6, 6.07) is 22.1. The number of nitro groups is 1. The number of nitrogens with zero attached hydrogens (tertiary/aromatic N) is 2. The minimum atomic E-state index is -1.57. The molecular formula is C28H26N2O7. The van der Waals surface area contributed by atoms with Gasteiger partial charge < -0.3 is 19.0 Å². The van der Waals surface area contributed by atoms with Gasteiger partial charge in [0.25, 0.3) is 5.69 Å². The Labute approximate surface area is 213 Å². The van der Waals surface area contributed by atoms with Gasteiger partial charge in [0.2, 0.25) is 11.5 Å². The second-order valence-electron chi connectivity index (χ2n) is 8.70. The zero-order chi connectivity index (χ0) is 26.4. The predicted octanol–water partition coefficient (Wildman–Crippen LogP) is 5.64. The van der Waals surface area contributed by atoms with E-state index in [1.165, 1.54) is 31.2 Å². The van der Waals surface area contributed by atoms with E-state index in [-0.39, 0.29) is 17.9 Å². The molecule has 1 N–H and O–H groups in total. The molecule has 190 valence electrons. The highest BCUT2D eigenvalue weighted by molar-refractivity contribution is 5.78. The smallest absolute Gasteiger partial charge is 0.348 e. The van der Waals surface area contributed by atoms with Crippen LogP contribution in [0, 0.1) is 17.0 Å². The molecule has 1 atom stereocenters. The Balaban J connectivity index is 1.34. The molecule has 1 aromatic heterocycles. The number of benzene rings is 3. The second-order valence-corrected chi connectivity index (χ2v) is 8.70. The summed E-state index contributed by atoms with van der Waals surface area (Å²) >= 11 is 0. The van der Waals surface area contributed by atoms with Crippen LogP contribution in [-0.2, 0) is 17.6 Å². The van der Waals surface area contributed by atoms with Crippen molar-refractivity contribution in [3.05, 3.63) is 106 Å². The van der Waals surface area contributed by atoms with Gasteiger partial charge in [-0.2, -0.15) is 0 Å². The summed E-state index contributed by atoms with van der Waals surface area (Å²) in [6.45, 7) is 3.74. The first-order valence-electron chi connectivity index (χ1n) is 11.6. The van der Waals surface area contributed by atoms with Crippen molar-refractivity contribution in [3.8, 4) is 23.0 Å². The Kier molecular flexibility index (Phi) is 7.52. The van der Waals surface area contributed by atoms with Crippen molar-refractivity contribution < 1.29 is 28.7 Å². The largest absolute Gasteiger partial charge is 0.493 e. The van der Waals surface area contributed by atoms with Gasteiger partial charge >= 0.3 is 5.97 Å². The minimum Gasteiger partial charge on any atom is -0.493 e. The van der Waals surface area contributed by atoms with Crippen molar-refractivity contribution >= 4 is 11.7 Å². The molecule has 0 bridgehead atoms. The zero-order valence-electron chi connectivity index (χ0n) is 20.4. The van der Waals surface area contributed by atoms with Gasteiger partial charge in [0, 0.05) is 30.5 Å². The number of oxazole rings is 1. The number of hydrogen-bond donors (Lipinski definition) is 1. The molecule has 0 saturated carbocycles. The van der Waals surface area contributed by atoms with Crippen LogP contribution in [0.2, 0.25) is 0 Å². The first-order chi connectivity index (χ1) is 17.7. The van der Waals surface area contributed by atoms with E-state index in [9.17, 15) is 20.0 Å². The van der Waals surface area contributed by atoms with E-state index in [2.05, 4.69) is 4.98 Å². The van der Waals surface area contributed by atoms with Crippen molar-refractivity contribution in [3.63, 3.8) is 0 Å². The fraction of sp³-hybridized carbons (Fsp3) is 0.214. The molecule has 0 aliphatic heterocycles. The Hall–Kier alpha value is -4.66. The fourth-order valence-corrected chi connectivity index (χ4v) is 3.77. The molecule has 0 saturated heterocycles. The van der Waals surface area contributed by atoms with Gasteiger partial charge in [0.1, 0.15) is 17.3 Å². The molecule has 9 heteroatoms. The van der Waals surface area contributed by atoms with E-state index in [1.807, 2.05) is 37.3 Å². The molecule has 1 unspecified atom stereocenters. The molecule has 9 nitrogen and oxygen atoms in total. The molecule has 0 radical (unpaired) electrons. The quantitative estimate of drug-likeness (QED) is 0.206. The van der Waals surface area contributed by atoms with Crippen molar-refractivity contribution in [1.29, 1.82) is 0 Å². The molecule has 4 aromatic rings. The fourth-order valence-electron chi connectivity index (χ4n) is 3.77. The Morgan fingerprint density at radius 1 is 1.03 bits per heavy atom. The number of aryl methyl sites for hydroxylation is 1. The highest BCUT2D eigenvalue weighted by Crippen LogP contribution is 2.26. The van der Waals surface area contributed by atoms with Gasteiger partial charge in [-0.3, -0.25) is 10.1 Å². The summed E-state index contributed by atoms with van der Waals surface area (Å²) in [5, 5.41) is 20.6. The van der Waals surface area contributed by atoms with Crippen LogP contribution >= 0.6 is 0 Å². The van der Waals surface area contributed by atoms with Crippen LogP contribution in [0.5, 0.6) is 11.5 Å². The lowest BCUT2D eigenvalue weighted by Crippen LogP contribution is -2.43. The summed E-state index contributed by atoms with van der Waals surface area (Å²) in [5.74, 6) is 1.05. The number of hydrogen-bond acceptors (Lipinski definition) is 7. The lowest BCUT2D eigenvalue weighted by atomic mass is 9.96. The van der Waals surface area contributed by atoms with Crippen molar-refractivity contribution in [2.75, 3.05) is 6.61 Å². The molecule has 37 heavy (non-hydrogen) atoms. The van der Waals surface area contributed by atoms with Crippen molar-refractivity contribution in [1.82, 2.24) is 4.98 Å². The SMILES string of the molecule is Cc1oc(-c2ccccc2)nc1CCOc1ccc(CC(C)(Oc2ccc([N+](=O)[O-])cc2)C(=O)O)cc1. The lowest BCUT2D eigenvalue weighted by molar-refractivity contribution is -0.384. The average Bonchev–Trinajstić information content (AvgIpc) is 3.26. The van der Waals surface area contributed by atoms with E-state index in [4.69, 9.17) is 13.9 Å². The van der Waals surface area contributed by atoms with Gasteiger partial charge in [0.05, 0.1) is 17.2 Å². The Morgan fingerprint density at radius 2 is 1.68 bits per heavy atom. The number of rotatable bonds is 11. The first-order valence-corrected chi connectivity index (χ1v) is 11.6. The first kappa shape index (κ1) is 25.4. The summed E-state index contributed by atoms with van der Waals surface area (Å²) in [6.07, 6.45) is 0.657. The van der Waals surface area contributed by atoms with Gasteiger partial charge in [-0.1, -0.05) is 30.3 Å². The van der Waals surface area contributed by atoms with Crippen molar-refractivity contribution in [2.24, 2.45) is 0 Å². The number of carboxylic acid groups (broad SMARTS) is 1. The number of ether oxygens (including phenoxy) is 2. The average molecular weight is 503 g/mol. The van der Waals surface area contributed by atoms with Crippen LogP contribution < -0.4 is 9.47 Å². The van der Waals surface area contributed by atoms with Crippen LogP contribution in [0.1, 0.15) is 23.9 Å². The van der Waals surface area contributed by atoms with Crippen LogP contribution in [0.3, 0.4) is 0 Å². The number of non-ortho nitro benzene ring substituents is 1. The number of aliphatic carboxylic acids is 1. The number of aromatic nitrogens is 1. The number of carbonyl (C=O) groups is 1. The highest BCUT2D eigenvalue weighted by atomic mass is 16.6. The van der Waals surface area contributed by atoms with Crippen LogP contribution in [0.15, 0.2) is 83.3 Å². The third-order valence-corrected chi connectivity index (χ3v) is 5.83. The van der Waals surface area contributed by atoms with Crippen LogP contribution in [0.25, 0.3) is 11.5 Å². The normalized spacial score (nSPS) is 12.5. The summed E-state index contributed by atoms with van der Waals surface area (Å²) < 4.78 is 17.4. The lowest BCUT2D eigenvalue weighted by Gasteiger charge is -2.26. The minimum absolute atomic E-state index is 0.0833. The maximum atomic E-state index is 12.0. The summed E-state index contributed by atoms with van der Waals surface area (Å²) in [5.41, 5.74) is 0.809. The molecule has 0 fully saturated rings. The molecule has 4 rings (SSSR count). The van der Waals surface area contributed by atoms with Gasteiger partial charge in [-0.25, -0.2) is 9.78 Å². The van der Waals surface area contributed by atoms with E-state index < -0.39 is 16.5 Å². The Morgan fingerprint density at radius 3 is 2.30 bits per heavy atom. The maximum absolute atomic E-state index is 12.0. The Bertz CT molecular complexity index is 1370. The molecule has 1 heterocycles. The van der Waals surface area contributed by atoms with Crippen LogP contribution in [-0.4, -0.2) is 33.2 Å². The van der Waals surface area contributed by atoms with Gasteiger partial charge in [-0.15, -0.1) is 0 Å². The van der Waals surface area contributed by atoms with E-state index in [0.29, 0.717) is 24.7 Å². The maximum Gasteiger partial charge on any atom is 0.348 e. The molecule has 0 spiro atoms. The topological polar surface area (TPSA) is 125 Å². The van der Waals surface area contributed by atoms with E-state index in [0.717, 1.165) is 22.6 Å². The van der Waals surface area contributed by atoms with Gasteiger partial charge in [-0.05, 0) is 55.8 Å². The summed E-state index contributed by atoms with van der Waals surface area (Å²) in [4.78, 5) is 26.9. The monoisotopic (exact) mass is 502 g/mol. The van der Waals surface area contributed by atoms with Gasteiger partial charge in [0.15, 0.2) is 0 Å². The molecule has 0 aliphatic rings. The van der Waals surface area contributed by atoms with E-state index >= 15 is 0 Å². The third-order valence-electron chi connectivity index (χ3n) is 5.83. The zero-order valence-corrected chi connectivity index (χ0v) is 20.4. The predicted molar refractivity (Wildman–Crippen MR) is 136 cm³/mol. The third kappa shape index (κ3) is 6.32. The number of nitro benzene ring substituents is 1.